The molecule has 0 bridgehead atoms. The van der Waals surface area contributed by atoms with Crippen LogP contribution in [0.15, 0.2) is 23.1 Å². The molecular formula is C15H23BrO2S. The van der Waals surface area contributed by atoms with Crippen LogP contribution in [0, 0.1) is 25.2 Å². The minimum absolute atomic E-state index is 0.0326. The van der Waals surface area contributed by atoms with Crippen LogP contribution in [0.5, 0.6) is 0 Å². The summed E-state index contributed by atoms with van der Waals surface area (Å²) in [7, 11) is -3.23. The zero-order chi connectivity index (χ0) is 14.8. The van der Waals surface area contributed by atoms with E-state index in [9.17, 15) is 8.42 Å². The molecule has 0 aliphatic heterocycles. The van der Waals surface area contributed by atoms with Gasteiger partial charge in [0.2, 0.25) is 0 Å². The Morgan fingerprint density at radius 2 is 1.79 bits per heavy atom. The van der Waals surface area contributed by atoms with Crippen molar-refractivity contribution in [2.45, 2.75) is 39.5 Å². The molecule has 0 fully saturated rings. The maximum Gasteiger partial charge on any atom is 0.178 e. The predicted octanol–water partition coefficient (Wildman–Crippen LogP) is 4.13. The second-order valence-electron chi connectivity index (χ2n) is 6.27. The van der Waals surface area contributed by atoms with Gasteiger partial charge in [-0.15, -0.1) is 0 Å². The van der Waals surface area contributed by atoms with Gasteiger partial charge in [-0.25, -0.2) is 8.42 Å². The molecule has 1 aromatic carbocycles. The van der Waals surface area contributed by atoms with Crippen LogP contribution in [0.25, 0.3) is 0 Å². The van der Waals surface area contributed by atoms with Crippen LogP contribution < -0.4 is 0 Å². The Labute approximate surface area is 125 Å². The molecule has 0 radical (unpaired) electrons. The van der Waals surface area contributed by atoms with Gasteiger partial charge in [-0.3, -0.25) is 0 Å². The van der Waals surface area contributed by atoms with Gasteiger partial charge in [-0.2, -0.15) is 0 Å². The molecule has 19 heavy (non-hydrogen) atoms. The zero-order valence-electron chi connectivity index (χ0n) is 12.3. The van der Waals surface area contributed by atoms with Gasteiger partial charge in [0.25, 0.3) is 0 Å². The maximum atomic E-state index is 12.6. The first kappa shape index (κ1) is 16.7. The number of hydrogen-bond acceptors (Lipinski definition) is 2. The van der Waals surface area contributed by atoms with E-state index >= 15 is 0 Å². The van der Waals surface area contributed by atoms with E-state index in [1.807, 2.05) is 26.0 Å². The highest BCUT2D eigenvalue weighted by Gasteiger charge is 2.30. The van der Waals surface area contributed by atoms with Crippen LogP contribution >= 0.6 is 15.9 Å². The summed E-state index contributed by atoms with van der Waals surface area (Å²) < 4.78 is 25.1. The second kappa shape index (κ2) is 5.96. The summed E-state index contributed by atoms with van der Waals surface area (Å²) in [5.74, 6) is 0.282. The molecule has 0 heterocycles. The molecule has 0 aromatic heterocycles. The molecule has 0 aliphatic rings. The third-order valence-electron chi connectivity index (χ3n) is 3.50. The molecule has 0 saturated heterocycles. The van der Waals surface area contributed by atoms with E-state index in [0.717, 1.165) is 11.1 Å². The maximum absolute atomic E-state index is 12.6. The number of rotatable bonds is 4. The van der Waals surface area contributed by atoms with Crippen LogP contribution in [0.3, 0.4) is 0 Å². The predicted molar refractivity (Wildman–Crippen MR) is 84.7 cm³/mol. The molecule has 0 aliphatic carbocycles. The van der Waals surface area contributed by atoms with Crippen molar-refractivity contribution in [1.29, 1.82) is 0 Å². The summed E-state index contributed by atoms with van der Waals surface area (Å²) in [6, 6.07) is 5.52. The molecule has 2 nitrogen and oxygen atoms in total. The lowest BCUT2D eigenvalue weighted by Gasteiger charge is -2.29. The minimum Gasteiger partial charge on any atom is -0.224 e. The lowest BCUT2D eigenvalue weighted by Crippen LogP contribution is -2.29. The summed E-state index contributed by atoms with van der Waals surface area (Å²) in [6.07, 6.45) is 0. The summed E-state index contributed by atoms with van der Waals surface area (Å²) >= 11 is 3.44. The van der Waals surface area contributed by atoms with Crippen LogP contribution in [0.1, 0.15) is 31.9 Å². The molecule has 1 rings (SSSR count). The van der Waals surface area contributed by atoms with E-state index in [0.29, 0.717) is 10.2 Å². The highest BCUT2D eigenvalue weighted by Crippen LogP contribution is 2.31. The van der Waals surface area contributed by atoms with Gasteiger partial charge in [-0.1, -0.05) is 54.4 Å². The lowest BCUT2D eigenvalue weighted by molar-refractivity contribution is 0.291. The first-order valence-electron chi connectivity index (χ1n) is 6.44. The SMILES string of the molecule is Cc1ccc(S(=O)(=O)CC(CBr)C(C)(C)C)c(C)c1. The fourth-order valence-corrected chi connectivity index (χ4v) is 5.68. The van der Waals surface area contributed by atoms with Gasteiger partial charge in [0.15, 0.2) is 9.84 Å². The van der Waals surface area contributed by atoms with Crippen molar-refractivity contribution in [2.75, 3.05) is 11.1 Å². The van der Waals surface area contributed by atoms with Gasteiger partial charge in [-0.05, 0) is 36.8 Å². The number of hydrogen-bond donors (Lipinski definition) is 0. The Morgan fingerprint density at radius 3 is 2.21 bits per heavy atom. The Morgan fingerprint density at radius 1 is 1.21 bits per heavy atom. The van der Waals surface area contributed by atoms with Crippen LogP contribution in [-0.2, 0) is 9.84 Å². The van der Waals surface area contributed by atoms with Crippen molar-refractivity contribution in [3.8, 4) is 0 Å². The lowest BCUT2D eigenvalue weighted by atomic mass is 9.83. The standard InChI is InChI=1S/C15H23BrO2S/c1-11-6-7-14(12(2)8-11)19(17,18)10-13(9-16)15(3,4)5/h6-8,13H,9-10H2,1-5H3. The van der Waals surface area contributed by atoms with Crippen molar-refractivity contribution in [2.24, 2.45) is 11.3 Å². The largest absolute Gasteiger partial charge is 0.224 e. The quantitative estimate of drug-likeness (QED) is 0.768. The molecule has 108 valence electrons. The molecular weight excluding hydrogens is 324 g/mol. The summed E-state index contributed by atoms with van der Waals surface area (Å²) in [4.78, 5) is 0.466. The van der Waals surface area contributed by atoms with E-state index in [1.54, 1.807) is 6.07 Å². The van der Waals surface area contributed by atoms with E-state index in [4.69, 9.17) is 0 Å². The average molecular weight is 347 g/mol. The Hall–Kier alpha value is -0.350. The van der Waals surface area contributed by atoms with E-state index in [1.165, 1.54) is 0 Å². The third-order valence-corrected chi connectivity index (χ3v) is 6.25. The van der Waals surface area contributed by atoms with E-state index in [-0.39, 0.29) is 17.1 Å². The van der Waals surface area contributed by atoms with Gasteiger partial charge in [0, 0.05) is 5.33 Å². The smallest absolute Gasteiger partial charge is 0.178 e. The second-order valence-corrected chi connectivity index (χ2v) is 8.92. The molecule has 1 aromatic rings. The van der Waals surface area contributed by atoms with Crippen molar-refractivity contribution in [1.82, 2.24) is 0 Å². The number of alkyl halides is 1. The first-order chi connectivity index (χ1) is 8.58. The van der Waals surface area contributed by atoms with Gasteiger partial charge in [0.05, 0.1) is 10.6 Å². The van der Waals surface area contributed by atoms with Crippen LogP contribution in [0.2, 0.25) is 0 Å². The van der Waals surface area contributed by atoms with E-state index < -0.39 is 9.84 Å². The zero-order valence-corrected chi connectivity index (χ0v) is 14.7. The fraction of sp³-hybridized carbons (Fsp3) is 0.600. The summed E-state index contributed by atoms with van der Waals surface area (Å²) in [6.45, 7) is 10.1. The van der Waals surface area contributed by atoms with Crippen molar-refractivity contribution in [3.05, 3.63) is 29.3 Å². The van der Waals surface area contributed by atoms with Gasteiger partial charge < -0.3 is 0 Å². The van der Waals surface area contributed by atoms with Crippen LogP contribution in [0.4, 0.5) is 0 Å². The number of sulfone groups is 1. The molecule has 0 saturated carbocycles. The topological polar surface area (TPSA) is 34.1 Å². The van der Waals surface area contributed by atoms with Crippen LogP contribution in [-0.4, -0.2) is 19.5 Å². The summed E-state index contributed by atoms with van der Waals surface area (Å²) in [5.41, 5.74) is 1.89. The van der Waals surface area contributed by atoms with Crippen molar-refractivity contribution in [3.63, 3.8) is 0 Å². The Bertz CT molecular complexity index is 542. The minimum atomic E-state index is -3.23. The molecule has 0 amide bonds. The molecule has 0 spiro atoms. The fourth-order valence-electron chi connectivity index (χ4n) is 2.03. The van der Waals surface area contributed by atoms with Crippen molar-refractivity contribution >= 4 is 25.8 Å². The third kappa shape index (κ3) is 4.32. The Balaban J connectivity index is 3.11. The highest BCUT2D eigenvalue weighted by atomic mass is 79.9. The molecule has 4 heteroatoms. The van der Waals surface area contributed by atoms with Gasteiger partial charge in [0.1, 0.15) is 0 Å². The molecule has 1 atom stereocenters. The number of aryl methyl sites for hydroxylation is 2. The average Bonchev–Trinajstić information content (AvgIpc) is 2.23. The number of halogens is 1. The first-order valence-corrected chi connectivity index (χ1v) is 9.21. The normalized spacial score (nSPS) is 14.4. The summed E-state index contributed by atoms with van der Waals surface area (Å²) in [5, 5.41) is 0.695. The van der Waals surface area contributed by atoms with E-state index in [2.05, 4.69) is 36.7 Å². The molecule has 0 N–H and O–H groups in total. The molecule has 1 unspecified atom stereocenters. The highest BCUT2D eigenvalue weighted by molar-refractivity contribution is 9.09. The Kier molecular flexibility index (Phi) is 5.24. The van der Waals surface area contributed by atoms with Crippen molar-refractivity contribution < 1.29 is 8.42 Å². The monoisotopic (exact) mass is 346 g/mol. The van der Waals surface area contributed by atoms with Gasteiger partial charge >= 0.3 is 0 Å². The number of benzene rings is 1.